The van der Waals surface area contributed by atoms with Crippen LogP contribution in [0.3, 0.4) is 0 Å². The van der Waals surface area contributed by atoms with Crippen molar-refractivity contribution in [1.29, 1.82) is 0 Å². The van der Waals surface area contributed by atoms with Crippen molar-refractivity contribution < 1.29 is 19.0 Å². The van der Waals surface area contributed by atoms with Crippen LogP contribution in [0.1, 0.15) is 29.9 Å². The molecule has 0 spiro atoms. The zero-order valence-electron chi connectivity index (χ0n) is 17.4. The molecule has 6 heteroatoms. The number of nitrogens with one attached hydrogen (secondary N) is 1. The molecule has 1 fully saturated rings. The number of carbonyl (C=O) groups is 1. The summed E-state index contributed by atoms with van der Waals surface area (Å²) in [6, 6.07) is 13.9. The van der Waals surface area contributed by atoms with Crippen LogP contribution >= 0.6 is 0 Å². The Bertz CT molecular complexity index is 816. The van der Waals surface area contributed by atoms with Crippen molar-refractivity contribution in [2.45, 2.75) is 25.3 Å². The maximum absolute atomic E-state index is 12.4. The van der Waals surface area contributed by atoms with E-state index in [1.54, 1.807) is 21.3 Å². The minimum Gasteiger partial charge on any atom is -0.496 e. The number of amides is 1. The van der Waals surface area contributed by atoms with E-state index in [0.29, 0.717) is 19.0 Å². The quantitative estimate of drug-likeness (QED) is 0.740. The topological polar surface area (TPSA) is 60.0 Å². The second kappa shape index (κ2) is 10.2. The molecule has 2 aromatic carbocycles. The number of rotatable bonds is 8. The van der Waals surface area contributed by atoms with Crippen molar-refractivity contribution in [3.63, 3.8) is 0 Å². The van der Waals surface area contributed by atoms with Gasteiger partial charge in [-0.15, -0.1) is 0 Å². The Kier molecular flexibility index (Phi) is 7.36. The normalized spacial score (nSPS) is 15.0. The highest BCUT2D eigenvalue weighted by molar-refractivity contribution is 5.78. The van der Waals surface area contributed by atoms with Gasteiger partial charge in [-0.05, 0) is 55.6 Å². The number of methoxy groups -OCH3 is 3. The number of para-hydroxylation sites is 1. The van der Waals surface area contributed by atoms with E-state index >= 15 is 0 Å². The fourth-order valence-corrected chi connectivity index (χ4v) is 3.83. The highest BCUT2D eigenvalue weighted by Crippen LogP contribution is 2.34. The SMILES string of the molecule is COc1ccccc1CNC(=O)CN1CCC(c2ccc(OC)c(OC)c2)CC1. The van der Waals surface area contributed by atoms with E-state index in [-0.39, 0.29) is 5.91 Å². The van der Waals surface area contributed by atoms with Gasteiger partial charge in [0, 0.05) is 12.1 Å². The number of nitrogens with zero attached hydrogens (tertiary/aromatic N) is 1. The van der Waals surface area contributed by atoms with Crippen LogP contribution in [-0.2, 0) is 11.3 Å². The number of hydrogen-bond donors (Lipinski definition) is 1. The lowest BCUT2D eigenvalue weighted by molar-refractivity contribution is -0.122. The van der Waals surface area contributed by atoms with Crippen molar-refractivity contribution in [1.82, 2.24) is 10.2 Å². The Hall–Kier alpha value is -2.73. The standard InChI is InChI=1S/C23H30N2O4/c1-27-20-7-5-4-6-19(20)15-24-23(26)16-25-12-10-17(11-13-25)18-8-9-21(28-2)22(14-18)29-3/h4-9,14,17H,10-13,15-16H2,1-3H3,(H,24,26). The van der Waals surface area contributed by atoms with Crippen LogP contribution in [0.2, 0.25) is 0 Å². The minimum atomic E-state index is 0.0421. The summed E-state index contributed by atoms with van der Waals surface area (Å²) in [7, 11) is 4.95. The van der Waals surface area contributed by atoms with Crippen LogP contribution in [0.15, 0.2) is 42.5 Å². The molecule has 1 heterocycles. The molecular formula is C23H30N2O4. The van der Waals surface area contributed by atoms with Gasteiger partial charge in [-0.25, -0.2) is 0 Å². The lowest BCUT2D eigenvalue weighted by Crippen LogP contribution is -2.41. The van der Waals surface area contributed by atoms with Gasteiger partial charge in [0.25, 0.3) is 0 Å². The predicted molar refractivity (Wildman–Crippen MR) is 113 cm³/mol. The summed E-state index contributed by atoms with van der Waals surface area (Å²) in [6.07, 6.45) is 2.05. The summed E-state index contributed by atoms with van der Waals surface area (Å²) < 4.78 is 16.1. The molecule has 0 aromatic heterocycles. The highest BCUT2D eigenvalue weighted by atomic mass is 16.5. The average molecular weight is 399 g/mol. The maximum atomic E-state index is 12.4. The first-order valence-corrected chi connectivity index (χ1v) is 9.97. The molecule has 1 amide bonds. The third-order valence-corrected chi connectivity index (χ3v) is 5.50. The van der Waals surface area contributed by atoms with Crippen LogP contribution in [0.5, 0.6) is 17.2 Å². The molecule has 6 nitrogen and oxygen atoms in total. The number of hydrogen-bond acceptors (Lipinski definition) is 5. The molecule has 2 aromatic rings. The lowest BCUT2D eigenvalue weighted by atomic mass is 9.89. The van der Waals surface area contributed by atoms with Crippen LogP contribution in [0, 0.1) is 0 Å². The predicted octanol–water partition coefficient (Wildman–Crippen LogP) is 3.21. The summed E-state index contributed by atoms with van der Waals surface area (Å²) in [5.74, 6) is 2.83. The second-order valence-electron chi connectivity index (χ2n) is 7.25. The summed E-state index contributed by atoms with van der Waals surface area (Å²) in [5, 5.41) is 3.00. The van der Waals surface area contributed by atoms with E-state index in [1.165, 1.54) is 5.56 Å². The Morgan fingerprint density at radius 3 is 2.34 bits per heavy atom. The van der Waals surface area contributed by atoms with Crippen LogP contribution < -0.4 is 19.5 Å². The molecular weight excluding hydrogens is 368 g/mol. The Balaban J connectivity index is 1.47. The number of piperidine rings is 1. The van der Waals surface area contributed by atoms with E-state index < -0.39 is 0 Å². The first kappa shape index (κ1) is 21.0. The third kappa shape index (κ3) is 5.41. The zero-order valence-corrected chi connectivity index (χ0v) is 17.4. The van der Waals surface area contributed by atoms with Crippen molar-refractivity contribution in [3.8, 4) is 17.2 Å². The molecule has 1 aliphatic heterocycles. The Morgan fingerprint density at radius 1 is 0.966 bits per heavy atom. The van der Waals surface area contributed by atoms with Gasteiger partial charge in [0.1, 0.15) is 5.75 Å². The molecule has 3 rings (SSSR count). The van der Waals surface area contributed by atoms with Gasteiger partial charge in [0.15, 0.2) is 11.5 Å². The maximum Gasteiger partial charge on any atom is 0.234 e. The molecule has 0 bridgehead atoms. The highest BCUT2D eigenvalue weighted by Gasteiger charge is 2.23. The summed E-state index contributed by atoms with van der Waals surface area (Å²) >= 11 is 0. The van der Waals surface area contributed by atoms with E-state index in [4.69, 9.17) is 14.2 Å². The molecule has 0 unspecified atom stereocenters. The Morgan fingerprint density at radius 2 is 1.66 bits per heavy atom. The molecule has 0 aliphatic carbocycles. The fraction of sp³-hybridized carbons (Fsp3) is 0.435. The Labute approximate surface area is 172 Å². The molecule has 0 radical (unpaired) electrons. The average Bonchev–Trinajstić information content (AvgIpc) is 2.77. The molecule has 0 atom stereocenters. The van der Waals surface area contributed by atoms with Gasteiger partial charge in [0.05, 0.1) is 27.9 Å². The number of carbonyl (C=O) groups excluding carboxylic acids is 1. The van der Waals surface area contributed by atoms with Gasteiger partial charge in [-0.1, -0.05) is 24.3 Å². The number of benzene rings is 2. The van der Waals surface area contributed by atoms with E-state index in [0.717, 1.165) is 48.7 Å². The number of likely N-dealkylation sites (tertiary alicyclic amines) is 1. The first-order valence-electron chi connectivity index (χ1n) is 9.97. The fourth-order valence-electron chi connectivity index (χ4n) is 3.83. The van der Waals surface area contributed by atoms with Crippen molar-refractivity contribution in [2.75, 3.05) is 41.0 Å². The van der Waals surface area contributed by atoms with Crippen molar-refractivity contribution in [3.05, 3.63) is 53.6 Å². The second-order valence-corrected chi connectivity index (χ2v) is 7.25. The monoisotopic (exact) mass is 398 g/mol. The van der Waals surface area contributed by atoms with Crippen molar-refractivity contribution >= 4 is 5.91 Å². The van der Waals surface area contributed by atoms with Crippen LogP contribution in [0.25, 0.3) is 0 Å². The van der Waals surface area contributed by atoms with Gasteiger partial charge in [0.2, 0.25) is 5.91 Å². The number of ether oxygens (including phenoxy) is 3. The van der Waals surface area contributed by atoms with Gasteiger partial charge >= 0.3 is 0 Å². The summed E-state index contributed by atoms with van der Waals surface area (Å²) in [5.41, 5.74) is 2.25. The van der Waals surface area contributed by atoms with E-state index in [2.05, 4.69) is 22.3 Å². The van der Waals surface area contributed by atoms with Crippen LogP contribution in [0.4, 0.5) is 0 Å². The zero-order chi connectivity index (χ0) is 20.6. The van der Waals surface area contributed by atoms with E-state index in [1.807, 2.05) is 30.3 Å². The molecule has 1 saturated heterocycles. The van der Waals surface area contributed by atoms with Gasteiger partial charge in [-0.3, -0.25) is 9.69 Å². The third-order valence-electron chi connectivity index (χ3n) is 5.50. The summed E-state index contributed by atoms with van der Waals surface area (Å²) in [6.45, 7) is 2.71. The first-order chi connectivity index (χ1) is 14.1. The minimum absolute atomic E-state index is 0.0421. The smallest absolute Gasteiger partial charge is 0.234 e. The molecule has 156 valence electrons. The lowest BCUT2D eigenvalue weighted by Gasteiger charge is -2.32. The molecule has 0 saturated carbocycles. The van der Waals surface area contributed by atoms with Gasteiger partial charge in [-0.2, -0.15) is 0 Å². The van der Waals surface area contributed by atoms with Crippen molar-refractivity contribution in [2.24, 2.45) is 0 Å². The molecule has 1 aliphatic rings. The van der Waals surface area contributed by atoms with Crippen LogP contribution in [-0.4, -0.2) is 51.8 Å². The molecule has 1 N–H and O–H groups in total. The molecule has 29 heavy (non-hydrogen) atoms. The summed E-state index contributed by atoms with van der Waals surface area (Å²) in [4.78, 5) is 14.6. The van der Waals surface area contributed by atoms with E-state index in [9.17, 15) is 4.79 Å². The largest absolute Gasteiger partial charge is 0.496 e. The van der Waals surface area contributed by atoms with Gasteiger partial charge < -0.3 is 19.5 Å².